The van der Waals surface area contributed by atoms with E-state index in [-0.39, 0.29) is 10.8 Å². The molecule has 2 aliphatic carbocycles. The molecule has 1 heterocycles. The topological polar surface area (TPSA) is 16.4 Å². The Morgan fingerprint density at radius 2 is 1.00 bits per heavy atom. The molecule has 0 unspecified atom stereocenters. The summed E-state index contributed by atoms with van der Waals surface area (Å²) >= 11 is 0. The van der Waals surface area contributed by atoms with E-state index >= 15 is 0 Å². The highest BCUT2D eigenvalue weighted by atomic mass is 16.3. The molecule has 0 atom stereocenters. The normalized spacial score (nSPS) is 14.7. The Bertz CT molecular complexity index is 2620. The molecule has 7 aromatic carbocycles. The number of hydrogen-bond donors (Lipinski definition) is 0. The second-order valence-electron chi connectivity index (χ2n) is 15.4. The van der Waals surface area contributed by atoms with E-state index in [1.165, 1.54) is 72.6 Å². The number of fused-ring (bicyclic) bond motifs is 9. The Kier molecular flexibility index (Phi) is 6.22. The van der Waals surface area contributed by atoms with Gasteiger partial charge in [0, 0.05) is 27.3 Å². The minimum atomic E-state index is -0.172. The van der Waals surface area contributed by atoms with E-state index in [4.69, 9.17) is 4.42 Å². The van der Waals surface area contributed by atoms with Crippen molar-refractivity contribution in [1.82, 2.24) is 0 Å². The summed E-state index contributed by atoms with van der Waals surface area (Å²) in [7, 11) is 0. The number of rotatable bonds is 4. The number of benzene rings is 7. The average Bonchev–Trinajstić information content (AvgIpc) is 3.72. The first kappa shape index (κ1) is 30.0. The zero-order valence-corrected chi connectivity index (χ0v) is 29.7. The summed E-state index contributed by atoms with van der Waals surface area (Å²) in [6.07, 6.45) is 0. The van der Waals surface area contributed by atoms with Crippen molar-refractivity contribution in [3.63, 3.8) is 0 Å². The maximum atomic E-state index is 6.17. The molecule has 8 aromatic rings. The molecule has 0 fully saturated rings. The van der Waals surface area contributed by atoms with E-state index in [0.717, 1.165) is 27.6 Å². The van der Waals surface area contributed by atoms with Crippen LogP contribution in [0.15, 0.2) is 150 Å². The maximum Gasteiger partial charge on any atom is 0.135 e. The van der Waals surface area contributed by atoms with Crippen molar-refractivity contribution < 1.29 is 4.42 Å². The summed E-state index contributed by atoms with van der Waals surface area (Å²) in [6, 6.07) is 53.6. The summed E-state index contributed by atoms with van der Waals surface area (Å²) in [4.78, 5) is 2.56. The second kappa shape index (κ2) is 10.6. The number of anilines is 3. The number of nitrogens with zero attached hydrogens (tertiary/aromatic N) is 1. The minimum absolute atomic E-state index is 0.172. The first-order valence-corrected chi connectivity index (χ1v) is 18.0. The lowest BCUT2D eigenvalue weighted by molar-refractivity contribution is 0.656. The third-order valence-electron chi connectivity index (χ3n) is 11.8. The fourth-order valence-corrected chi connectivity index (χ4v) is 9.42. The highest BCUT2D eigenvalue weighted by molar-refractivity contribution is 6.06. The van der Waals surface area contributed by atoms with Gasteiger partial charge < -0.3 is 9.32 Å². The molecule has 10 rings (SSSR count). The lowest BCUT2D eigenvalue weighted by Crippen LogP contribution is -2.24. The van der Waals surface area contributed by atoms with Crippen LogP contribution in [0.3, 0.4) is 0 Å². The summed E-state index contributed by atoms with van der Waals surface area (Å²) in [6.45, 7) is 11.8. The molecule has 0 amide bonds. The molecule has 2 heteroatoms. The van der Waals surface area contributed by atoms with Crippen molar-refractivity contribution in [2.45, 2.75) is 45.4 Å². The van der Waals surface area contributed by atoms with Gasteiger partial charge in [0.05, 0.1) is 11.4 Å². The highest BCUT2D eigenvalue weighted by Gasteiger charge is 2.42. The van der Waals surface area contributed by atoms with Crippen LogP contribution in [-0.4, -0.2) is 0 Å². The molecule has 2 aliphatic rings. The molecular weight excluding hydrogens is 619 g/mol. The van der Waals surface area contributed by atoms with E-state index in [9.17, 15) is 0 Å². The number of aryl methyl sites for hydroxylation is 1. The van der Waals surface area contributed by atoms with Gasteiger partial charge in [-0.1, -0.05) is 131 Å². The van der Waals surface area contributed by atoms with Crippen LogP contribution in [0.2, 0.25) is 0 Å². The molecule has 0 saturated carbocycles. The van der Waals surface area contributed by atoms with E-state index in [1.807, 2.05) is 12.1 Å². The van der Waals surface area contributed by atoms with Crippen molar-refractivity contribution in [2.75, 3.05) is 4.90 Å². The van der Waals surface area contributed by atoms with E-state index < -0.39 is 0 Å². The van der Waals surface area contributed by atoms with Gasteiger partial charge >= 0.3 is 0 Å². The molecule has 2 nitrogen and oxygen atoms in total. The largest absolute Gasteiger partial charge is 0.456 e. The molecule has 0 spiro atoms. The Labute approximate surface area is 299 Å². The van der Waals surface area contributed by atoms with Crippen LogP contribution < -0.4 is 4.90 Å². The van der Waals surface area contributed by atoms with Crippen molar-refractivity contribution in [3.8, 4) is 33.4 Å². The molecule has 51 heavy (non-hydrogen) atoms. The molecule has 246 valence electrons. The summed E-state index contributed by atoms with van der Waals surface area (Å²) in [5.74, 6) is 0. The van der Waals surface area contributed by atoms with Gasteiger partial charge in [0.15, 0.2) is 0 Å². The van der Waals surface area contributed by atoms with Crippen LogP contribution in [0, 0.1) is 6.92 Å². The fraction of sp³-hybridized carbons (Fsp3) is 0.143. The third kappa shape index (κ3) is 4.17. The summed E-state index contributed by atoms with van der Waals surface area (Å²) in [5.41, 5.74) is 19.6. The predicted octanol–water partition coefficient (Wildman–Crippen LogP) is 13.6. The van der Waals surface area contributed by atoms with Gasteiger partial charge in [0.25, 0.3) is 0 Å². The van der Waals surface area contributed by atoms with Crippen LogP contribution in [-0.2, 0) is 10.8 Å². The Balaban J connectivity index is 1.20. The summed E-state index contributed by atoms with van der Waals surface area (Å²) in [5, 5.41) is 2.30. The molecule has 0 N–H and O–H groups in total. The standard InChI is InChI=1S/C49H39NO/c1-30-28-32(25-26-33(30)31-24-27-45-39(29-31)36-16-8-11-23-44(36)51-45)50(42-21-12-17-37-34-14-6-9-19-40(34)48(2,3)46(37)42)43-22-13-18-38-35-15-7-10-20-41(35)49(4,5)47(38)43/h6-29H,1-5H3. The Morgan fingerprint density at radius 3 is 1.63 bits per heavy atom. The Hall–Kier alpha value is -5.86. The molecular formula is C49H39NO. The molecule has 1 aromatic heterocycles. The van der Waals surface area contributed by atoms with Crippen molar-refractivity contribution in [1.29, 1.82) is 0 Å². The van der Waals surface area contributed by atoms with Gasteiger partial charge in [-0.05, 0) is 111 Å². The van der Waals surface area contributed by atoms with Crippen LogP contribution in [0.25, 0.3) is 55.3 Å². The average molecular weight is 658 g/mol. The zero-order chi connectivity index (χ0) is 34.6. The van der Waals surface area contributed by atoms with Crippen LogP contribution in [0.5, 0.6) is 0 Å². The fourth-order valence-electron chi connectivity index (χ4n) is 9.42. The van der Waals surface area contributed by atoms with Gasteiger partial charge in [-0.25, -0.2) is 0 Å². The number of para-hydroxylation sites is 1. The van der Waals surface area contributed by atoms with Gasteiger partial charge in [-0.2, -0.15) is 0 Å². The van der Waals surface area contributed by atoms with Crippen LogP contribution in [0.1, 0.15) is 55.5 Å². The summed E-state index contributed by atoms with van der Waals surface area (Å²) < 4.78 is 6.17. The van der Waals surface area contributed by atoms with Crippen molar-refractivity contribution in [2.24, 2.45) is 0 Å². The Morgan fingerprint density at radius 1 is 0.451 bits per heavy atom. The quantitative estimate of drug-likeness (QED) is 0.187. The predicted molar refractivity (Wildman–Crippen MR) is 214 cm³/mol. The van der Waals surface area contributed by atoms with Gasteiger partial charge in [-0.15, -0.1) is 0 Å². The first-order valence-electron chi connectivity index (χ1n) is 18.0. The van der Waals surface area contributed by atoms with Crippen LogP contribution in [0.4, 0.5) is 17.1 Å². The third-order valence-corrected chi connectivity index (χ3v) is 11.8. The minimum Gasteiger partial charge on any atom is -0.456 e. The molecule has 0 saturated heterocycles. The maximum absolute atomic E-state index is 6.17. The molecule has 0 aliphatic heterocycles. The second-order valence-corrected chi connectivity index (χ2v) is 15.4. The smallest absolute Gasteiger partial charge is 0.135 e. The SMILES string of the molecule is Cc1cc(N(c2cccc3c2C(C)(C)c2ccccc2-3)c2cccc3c2C(C)(C)c2ccccc2-3)ccc1-c1ccc2oc3ccccc3c2c1. The number of hydrogen-bond acceptors (Lipinski definition) is 2. The highest BCUT2D eigenvalue weighted by Crippen LogP contribution is 2.58. The monoisotopic (exact) mass is 657 g/mol. The molecule has 0 radical (unpaired) electrons. The lowest BCUT2D eigenvalue weighted by Gasteiger charge is -2.35. The first-order chi connectivity index (χ1) is 24.7. The van der Waals surface area contributed by atoms with Crippen LogP contribution >= 0.6 is 0 Å². The van der Waals surface area contributed by atoms with Crippen molar-refractivity contribution in [3.05, 3.63) is 173 Å². The van der Waals surface area contributed by atoms with E-state index in [1.54, 1.807) is 0 Å². The number of furan rings is 1. The van der Waals surface area contributed by atoms with Gasteiger partial charge in [0.2, 0.25) is 0 Å². The van der Waals surface area contributed by atoms with E-state index in [2.05, 4.69) is 173 Å². The zero-order valence-electron chi connectivity index (χ0n) is 29.7. The van der Waals surface area contributed by atoms with Crippen molar-refractivity contribution >= 4 is 39.0 Å². The van der Waals surface area contributed by atoms with Gasteiger partial charge in [-0.3, -0.25) is 0 Å². The lowest BCUT2D eigenvalue weighted by atomic mass is 9.80. The van der Waals surface area contributed by atoms with E-state index in [0.29, 0.717) is 0 Å². The molecule has 0 bridgehead atoms. The van der Waals surface area contributed by atoms with Gasteiger partial charge in [0.1, 0.15) is 11.2 Å².